The van der Waals surface area contributed by atoms with Crippen molar-refractivity contribution in [3.63, 3.8) is 0 Å². The van der Waals surface area contributed by atoms with Crippen molar-refractivity contribution in [2.45, 2.75) is 18.2 Å². The second-order valence-electron chi connectivity index (χ2n) is 3.75. The van der Waals surface area contributed by atoms with Crippen molar-refractivity contribution in [3.8, 4) is 5.75 Å². The van der Waals surface area contributed by atoms with Crippen LogP contribution in [0.4, 0.5) is 5.13 Å². The second kappa shape index (κ2) is 8.06. The van der Waals surface area contributed by atoms with Crippen LogP contribution in [-0.4, -0.2) is 29.9 Å². The van der Waals surface area contributed by atoms with Gasteiger partial charge in [-0.2, -0.15) is 0 Å². The minimum Gasteiger partial charge on any atom is -0.744 e. The standard InChI is InChI=1S/C11H13N3O4S2.Na/c1-2-10-13-14-11(19-10)12-7-18-8-4-3-5-9(6-8)20(15,16)17;/h3-6H,2,7H2,1H3,(H,12,14)(H,15,16,17);/q;+1/p-1. The van der Waals surface area contributed by atoms with Gasteiger partial charge in [-0.05, 0) is 24.6 Å². The van der Waals surface area contributed by atoms with E-state index in [0.29, 0.717) is 5.13 Å². The number of anilines is 1. The van der Waals surface area contributed by atoms with Crippen molar-refractivity contribution in [2.24, 2.45) is 0 Å². The van der Waals surface area contributed by atoms with E-state index in [-0.39, 0.29) is 46.9 Å². The van der Waals surface area contributed by atoms with Crippen LogP contribution in [0.5, 0.6) is 5.75 Å². The first-order chi connectivity index (χ1) is 9.49. The van der Waals surface area contributed by atoms with Gasteiger partial charge in [0.15, 0.2) is 6.73 Å². The molecular formula is C11H12N3NaO4S2. The summed E-state index contributed by atoms with van der Waals surface area (Å²) in [5.74, 6) is 0.287. The summed E-state index contributed by atoms with van der Waals surface area (Å²) in [6.07, 6.45) is 0.809. The zero-order chi connectivity index (χ0) is 14.6. The summed E-state index contributed by atoms with van der Waals surface area (Å²) in [4.78, 5) is -0.320. The molecule has 0 saturated heterocycles. The van der Waals surface area contributed by atoms with Gasteiger partial charge >= 0.3 is 29.6 Å². The Kier molecular flexibility index (Phi) is 7.04. The molecular weight excluding hydrogens is 325 g/mol. The molecule has 10 heteroatoms. The molecule has 0 aliphatic carbocycles. The quantitative estimate of drug-likeness (QED) is 0.387. The predicted octanol–water partition coefficient (Wildman–Crippen LogP) is -1.54. The molecule has 21 heavy (non-hydrogen) atoms. The maximum absolute atomic E-state index is 10.9. The van der Waals surface area contributed by atoms with Gasteiger partial charge in [0.05, 0.1) is 4.90 Å². The number of benzene rings is 1. The minimum absolute atomic E-state index is 0. The van der Waals surface area contributed by atoms with Crippen LogP contribution in [0.1, 0.15) is 11.9 Å². The summed E-state index contributed by atoms with van der Waals surface area (Å²) in [7, 11) is -4.47. The molecule has 0 atom stereocenters. The number of ether oxygens (including phenoxy) is 1. The van der Waals surface area contributed by atoms with Crippen molar-refractivity contribution >= 4 is 26.6 Å². The molecule has 2 aromatic rings. The molecule has 0 bridgehead atoms. The van der Waals surface area contributed by atoms with Gasteiger partial charge in [-0.15, -0.1) is 10.2 Å². The van der Waals surface area contributed by atoms with E-state index in [4.69, 9.17) is 4.74 Å². The second-order valence-corrected chi connectivity index (χ2v) is 6.19. The molecule has 0 unspecified atom stereocenters. The molecule has 0 fully saturated rings. The minimum atomic E-state index is -4.47. The Hall–Kier alpha value is -0.710. The summed E-state index contributed by atoms with van der Waals surface area (Å²) in [6, 6.07) is 5.41. The molecule has 0 amide bonds. The van der Waals surface area contributed by atoms with Crippen LogP contribution in [0.15, 0.2) is 29.2 Å². The molecule has 1 aromatic heterocycles. The Morgan fingerprint density at radius 1 is 1.38 bits per heavy atom. The molecule has 1 aromatic carbocycles. The first kappa shape index (κ1) is 18.3. The largest absolute Gasteiger partial charge is 1.00 e. The topological polar surface area (TPSA) is 104 Å². The van der Waals surface area contributed by atoms with E-state index in [1.165, 1.54) is 29.5 Å². The molecule has 108 valence electrons. The van der Waals surface area contributed by atoms with E-state index in [1.807, 2.05) is 6.92 Å². The number of rotatable bonds is 6. The van der Waals surface area contributed by atoms with Gasteiger partial charge in [0.1, 0.15) is 20.9 Å². The average molecular weight is 337 g/mol. The molecule has 7 nitrogen and oxygen atoms in total. The Bertz CT molecular complexity index is 690. The van der Waals surface area contributed by atoms with Gasteiger partial charge in [-0.1, -0.05) is 24.3 Å². The summed E-state index contributed by atoms with van der Waals surface area (Å²) in [5, 5.41) is 12.3. The number of aromatic nitrogens is 2. The van der Waals surface area contributed by atoms with Crippen LogP contribution in [0.25, 0.3) is 0 Å². The summed E-state index contributed by atoms with van der Waals surface area (Å²) in [5.41, 5.74) is 0. The number of nitrogens with zero attached hydrogens (tertiary/aromatic N) is 2. The van der Waals surface area contributed by atoms with Gasteiger partial charge in [-0.3, -0.25) is 0 Å². The molecule has 0 aliphatic rings. The van der Waals surface area contributed by atoms with Crippen molar-refractivity contribution in [1.82, 2.24) is 10.2 Å². The van der Waals surface area contributed by atoms with Crippen molar-refractivity contribution in [3.05, 3.63) is 29.3 Å². The molecule has 1 N–H and O–H groups in total. The van der Waals surface area contributed by atoms with Gasteiger partial charge < -0.3 is 14.6 Å². The van der Waals surface area contributed by atoms with Gasteiger partial charge in [-0.25, -0.2) is 8.42 Å². The smallest absolute Gasteiger partial charge is 0.744 e. The third-order valence-electron chi connectivity index (χ3n) is 2.33. The number of nitrogens with one attached hydrogen (secondary N) is 1. The Labute approximate surface area is 148 Å². The molecule has 1 heterocycles. The van der Waals surface area contributed by atoms with E-state index in [1.54, 1.807) is 6.07 Å². The van der Waals surface area contributed by atoms with Gasteiger partial charge in [0, 0.05) is 0 Å². The Morgan fingerprint density at radius 3 is 2.76 bits per heavy atom. The van der Waals surface area contributed by atoms with Crippen LogP contribution >= 0.6 is 11.3 Å². The maximum atomic E-state index is 10.9. The van der Waals surface area contributed by atoms with Crippen molar-refractivity contribution in [2.75, 3.05) is 12.0 Å². The number of hydrogen-bond acceptors (Lipinski definition) is 8. The molecule has 0 radical (unpaired) electrons. The Morgan fingerprint density at radius 2 is 2.14 bits per heavy atom. The van der Waals surface area contributed by atoms with Crippen LogP contribution in [0.2, 0.25) is 0 Å². The van der Waals surface area contributed by atoms with E-state index < -0.39 is 10.1 Å². The van der Waals surface area contributed by atoms with Crippen LogP contribution in [0.3, 0.4) is 0 Å². The number of aryl methyl sites for hydroxylation is 1. The van der Waals surface area contributed by atoms with Crippen molar-refractivity contribution in [1.29, 1.82) is 0 Å². The zero-order valence-electron chi connectivity index (χ0n) is 11.6. The SMILES string of the molecule is CCc1nnc(NCOc2cccc(S(=O)(=O)[O-])c2)s1.[Na+]. The van der Waals surface area contributed by atoms with Crippen molar-refractivity contribution < 1.29 is 47.3 Å². The Balaban J connectivity index is 0.00000220. The molecule has 2 rings (SSSR count). The van der Waals surface area contributed by atoms with Crippen LogP contribution in [-0.2, 0) is 16.5 Å². The van der Waals surface area contributed by atoms with Crippen LogP contribution in [0, 0.1) is 0 Å². The summed E-state index contributed by atoms with van der Waals surface area (Å²) >= 11 is 1.42. The fraction of sp³-hybridized carbons (Fsp3) is 0.273. The first-order valence-corrected chi connectivity index (χ1v) is 7.96. The van der Waals surface area contributed by atoms with E-state index >= 15 is 0 Å². The van der Waals surface area contributed by atoms with Gasteiger partial charge in [0.2, 0.25) is 5.13 Å². The van der Waals surface area contributed by atoms with Crippen LogP contribution < -0.4 is 39.6 Å². The molecule has 0 saturated carbocycles. The maximum Gasteiger partial charge on any atom is 1.00 e. The van der Waals surface area contributed by atoms with E-state index in [2.05, 4.69) is 15.5 Å². The monoisotopic (exact) mass is 337 g/mol. The predicted molar refractivity (Wildman–Crippen MR) is 72.8 cm³/mol. The average Bonchev–Trinajstić information content (AvgIpc) is 2.86. The first-order valence-electron chi connectivity index (χ1n) is 5.74. The van der Waals surface area contributed by atoms with E-state index in [9.17, 15) is 13.0 Å². The normalized spacial score (nSPS) is 10.8. The summed E-state index contributed by atoms with van der Waals surface area (Å²) < 4.78 is 37.9. The van der Waals surface area contributed by atoms with E-state index in [0.717, 1.165) is 11.4 Å². The molecule has 0 aliphatic heterocycles. The summed E-state index contributed by atoms with van der Waals surface area (Å²) in [6.45, 7) is 2.08. The fourth-order valence-corrected chi connectivity index (χ4v) is 2.54. The third-order valence-corrected chi connectivity index (χ3v) is 4.18. The zero-order valence-corrected chi connectivity index (χ0v) is 15.2. The number of hydrogen-bond donors (Lipinski definition) is 1. The molecule has 0 spiro atoms. The third kappa shape index (κ3) is 5.53. The fourth-order valence-electron chi connectivity index (χ4n) is 1.37. The van der Waals surface area contributed by atoms with Gasteiger partial charge in [0.25, 0.3) is 0 Å².